The highest BCUT2D eigenvalue weighted by Gasteiger charge is 2.39. The number of nitrogens with zero attached hydrogens (tertiary/aromatic N) is 1. The molecule has 0 spiro atoms. The zero-order valence-electron chi connectivity index (χ0n) is 15.9. The molecule has 1 heterocycles. The fraction of sp³-hybridized carbons (Fsp3) is 0.571. The number of hydrogen-bond acceptors (Lipinski definition) is 5. The summed E-state index contributed by atoms with van der Waals surface area (Å²) in [6.07, 6.45) is 6.87. The lowest BCUT2D eigenvalue weighted by Gasteiger charge is -2.24. The van der Waals surface area contributed by atoms with Crippen LogP contribution in [-0.2, 0) is 14.4 Å². The number of hydroxylamine groups is 2. The van der Waals surface area contributed by atoms with E-state index in [0.717, 1.165) is 44.2 Å². The van der Waals surface area contributed by atoms with Crippen LogP contribution in [0.2, 0.25) is 0 Å². The molecule has 0 aliphatic carbocycles. The van der Waals surface area contributed by atoms with Crippen molar-refractivity contribution in [1.82, 2.24) is 5.06 Å². The molecule has 0 fully saturated rings. The zero-order valence-corrected chi connectivity index (χ0v) is 15.9. The standard InChI is InChI=1S/C21H31NO4/c1-3-4-5-10-15-22-18(14-9-11-16-23)19(21(24)25-2)20(26-22)17-12-7-6-8-13-17/h6-8,12-13,18,23H,3-5,9-11,14-16H2,1-2H3/t18-/m1/s1. The largest absolute Gasteiger partial charge is 0.466 e. The van der Waals surface area contributed by atoms with Crippen LogP contribution in [0.4, 0.5) is 0 Å². The van der Waals surface area contributed by atoms with Crippen molar-refractivity contribution in [3.05, 3.63) is 41.5 Å². The molecule has 1 atom stereocenters. The second-order valence-corrected chi connectivity index (χ2v) is 6.63. The number of methoxy groups -OCH3 is 1. The Bertz CT molecular complexity index is 585. The van der Waals surface area contributed by atoms with Crippen LogP contribution in [0, 0.1) is 0 Å². The van der Waals surface area contributed by atoms with Gasteiger partial charge in [0.15, 0.2) is 5.76 Å². The first kappa shape index (κ1) is 20.5. The Kier molecular flexibility index (Phi) is 8.65. The van der Waals surface area contributed by atoms with Gasteiger partial charge in [0.1, 0.15) is 5.57 Å². The molecule has 2 rings (SSSR count). The molecule has 0 aromatic heterocycles. The van der Waals surface area contributed by atoms with Crippen molar-refractivity contribution in [3.63, 3.8) is 0 Å². The predicted octanol–water partition coefficient (Wildman–Crippen LogP) is 3.93. The van der Waals surface area contributed by atoms with Gasteiger partial charge in [-0.3, -0.25) is 0 Å². The van der Waals surface area contributed by atoms with Crippen molar-refractivity contribution in [2.45, 2.75) is 57.9 Å². The van der Waals surface area contributed by atoms with Crippen molar-refractivity contribution >= 4 is 11.7 Å². The van der Waals surface area contributed by atoms with Crippen molar-refractivity contribution in [1.29, 1.82) is 0 Å². The minimum Gasteiger partial charge on any atom is -0.466 e. The van der Waals surface area contributed by atoms with Gasteiger partial charge in [0.05, 0.1) is 13.2 Å². The summed E-state index contributed by atoms with van der Waals surface area (Å²) < 4.78 is 5.06. The maximum absolute atomic E-state index is 12.5. The number of hydrogen-bond donors (Lipinski definition) is 1. The van der Waals surface area contributed by atoms with Crippen LogP contribution in [0.15, 0.2) is 35.9 Å². The number of ether oxygens (including phenoxy) is 1. The molecule has 1 aromatic rings. The van der Waals surface area contributed by atoms with Gasteiger partial charge in [-0.05, 0) is 25.7 Å². The van der Waals surface area contributed by atoms with Crippen LogP contribution in [0.5, 0.6) is 0 Å². The smallest absolute Gasteiger partial charge is 0.339 e. The minimum atomic E-state index is -0.339. The van der Waals surface area contributed by atoms with E-state index in [1.165, 1.54) is 20.0 Å². The first-order valence-corrected chi connectivity index (χ1v) is 9.66. The van der Waals surface area contributed by atoms with Crippen molar-refractivity contribution < 1.29 is 19.5 Å². The fourth-order valence-corrected chi connectivity index (χ4v) is 3.30. The topological polar surface area (TPSA) is 59.0 Å². The molecule has 0 saturated heterocycles. The normalized spacial score (nSPS) is 17.4. The van der Waals surface area contributed by atoms with E-state index in [1.807, 2.05) is 35.4 Å². The summed E-state index contributed by atoms with van der Waals surface area (Å²) in [5.41, 5.74) is 1.48. The minimum absolute atomic E-state index is 0.133. The number of rotatable bonds is 11. The molecule has 0 unspecified atom stereocenters. The average molecular weight is 361 g/mol. The summed E-state index contributed by atoms with van der Waals surface area (Å²) in [7, 11) is 1.41. The van der Waals surface area contributed by atoms with Gasteiger partial charge in [-0.25, -0.2) is 4.79 Å². The van der Waals surface area contributed by atoms with Gasteiger partial charge in [-0.15, -0.1) is 5.06 Å². The fourth-order valence-electron chi connectivity index (χ4n) is 3.30. The van der Waals surface area contributed by atoms with Gasteiger partial charge in [0.2, 0.25) is 0 Å². The van der Waals surface area contributed by atoms with E-state index >= 15 is 0 Å². The van der Waals surface area contributed by atoms with Gasteiger partial charge in [-0.2, -0.15) is 0 Å². The summed E-state index contributed by atoms with van der Waals surface area (Å²) in [5.74, 6) is 0.260. The van der Waals surface area contributed by atoms with E-state index in [-0.39, 0.29) is 18.6 Å². The maximum Gasteiger partial charge on any atom is 0.339 e. The van der Waals surface area contributed by atoms with E-state index in [2.05, 4.69) is 6.92 Å². The van der Waals surface area contributed by atoms with E-state index in [4.69, 9.17) is 14.7 Å². The molecular weight excluding hydrogens is 330 g/mol. The Morgan fingerprint density at radius 2 is 1.92 bits per heavy atom. The molecule has 0 saturated carbocycles. The summed E-state index contributed by atoms with van der Waals surface area (Å²) in [6, 6.07) is 9.58. The van der Waals surface area contributed by atoms with Crippen LogP contribution >= 0.6 is 0 Å². The molecule has 26 heavy (non-hydrogen) atoms. The lowest BCUT2D eigenvalue weighted by Crippen LogP contribution is -2.34. The lowest BCUT2D eigenvalue weighted by molar-refractivity contribution is -0.138. The molecule has 0 radical (unpaired) electrons. The van der Waals surface area contributed by atoms with Gasteiger partial charge in [0, 0.05) is 18.7 Å². The highest BCUT2D eigenvalue weighted by atomic mass is 16.7. The predicted molar refractivity (Wildman–Crippen MR) is 102 cm³/mol. The number of esters is 1. The molecule has 144 valence electrons. The van der Waals surface area contributed by atoms with Crippen LogP contribution in [-0.4, -0.2) is 42.4 Å². The van der Waals surface area contributed by atoms with Crippen LogP contribution in [0.25, 0.3) is 5.76 Å². The molecule has 0 amide bonds. The van der Waals surface area contributed by atoms with Gasteiger partial charge in [0.25, 0.3) is 0 Å². The summed E-state index contributed by atoms with van der Waals surface area (Å²) in [4.78, 5) is 18.7. The van der Waals surface area contributed by atoms with Crippen molar-refractivity contribution in [3.8, 4) is 0 Å². The number of aliphatic hydroxyl groups excluding tert-OH is 1. The summed E-state index contributed by atoms with van der Waals surface area (Å²) in [5, 5.41) is 11.0. The van der Waals surface area contributed by atoms with Crippen molar-refractivity contribution in [2.24, 2.45) is 0 Å². The first-order chi connectivity index (χ1) is 12.7. The van der Waals surface area contributed by atoms with E-state index in [1.54, 1.807) is 0 Å². The van der Waals surface area contributed by atoms with E-state index < -0.39 is 0 Å². The Morgan fingerprint density at radius 3 is 2.58 bits per heavy atom. The van der Waals surface area contributed by atoms with Crippen molar-refractivity contribution in [2.75, 3.05) is 20.3 Å². The van der Waals surface area contributed by atoms with Gasteiger partial charge < -0.3 is 14.7 Å². The molecular formula is C21H31NO4. The zero-order chi connectivity index (χ0) is 18.8. The molecule has 5 heteroatoms. The molecule has 1 aliphatic rings. The third-order valence-corrected chi connectivity index (χ3v) is 4.69. The first-order valence-electron chi connectivity index (χ1n) is 9.66. The van der Waals surface area contributed by atoms with Gasteiger partial charge in [-0.1, -0.05) is 56.5 Å². The SMILES string of the molecule is CCCCCCN1OC(c2ccccc2)=C(C(=O)OC)[C@H]1CCCCO. The maximum atomic E-state index is 12.5. The second kappa shape index (κ2) is 11.0. The Hall–Kier alpha value is -1.85. The van der Waals surface area contributed by atoms with E-state index in [9.17, 15) is 4.79 Å². The summed E-state index contributed by atoms with van der Waals surface area (Å²) in [6.45, 7) is 3.13. The van der Waals surface area contributed by atoms with Crippen LogP contribution in [0.3, 0.4) is 0 Å². The molecule has 1 N–H and O–H groups in total. The van der Waals surface area contributed by atoms with E-state index in [0.29, 0.717) is 11.3 Å². The Balaban J connectivity index is 2.24. The molecule has 1 aromatic carbocycles. The Labute approximate surface area is 156 Å². The number of benzene rings is 1. The molecule has 5 nitrogen and oxygen atoms in total. The quantitative estimate of drug-likeness (QED) is 0.478. The highest BCUT2D eigenvalue weighted by Crippen LogP contribution is 2.36. The number of aliphatic hydroxyl groups is 1. The number of unbranched alkanes of at least 4 members (excludes halogenated alkanes) is 4. The number of carbonyl (C=O) groups is 1. The third kappa shape index (κ3) is 5.32. The molecule has 0 bridgehead atoms. The van der Waals surface area contributed by atoms with Crippen LogP contribution in [0.1, 0.15) is 57.4 Å². The second-order valence-electron chi connectivity index (χ2n) is 6.63. The van der Waals surface area contributed by atoms with Crippen LogP contribution < -0.4 is 0 Å². The third-order valence-electron chi connectivity index (χ3n) is 4.69. The number of carbonyl (C=O) groups excluding carboxylic acids is 1. The monoisotopic (exact) mass is 361 g/mol. The molecule has 1 aliphatic heterocycles. The highest BCUT2D eigenvalue weighted by molar-refractivity contribution is 5.98. The Morgan fingerprint density at radius 1 is 1.15 bits per heavy atom. The average Bonchev–Trinajstić information content (AvgIpc) is 3.04. The lowest BCUT2D eigenvalue weighted by atomic mass is 9.97. The summed E-state index contributed by atoms with van der Waals surface area (Å²) >= 11 is 0. The van der Waals surface area contributed by atoms with Gasteiger partial charge >= 0.3 is 5.97 Å².